The van der Waals surface area contributed by atoms with Gasteiger partial charge < -0.3 is 20.4 Å². The van der Waals surface area contributed by atoms with Gasteiger partial charge in [0.2, 0.25) is 5.91 Å². The number of carbonyl (C=O) groups is 1. The molecule has 1 amide bonds. The summed E-state index contributed by atoms with van der Waals surface area (Å²) in [4.78, 5) is 19.1. The summed E-state index contributed by atoms with van der Waals surface area (Å²) in [5, 5.41) is 0. The summed E-state index contributed by atoms with van der Waals surface area (Å²) in [6, 6.07) is 0.427. The molecule has 0 bridgehead atoms. The molecule has 0 aliphatic carbocycles. The van der Waals surface area contributed by atoms with Crippen LogP contribution in [0.2, 0.25) is 0 Å². The second-order valence-electron chi connectivity index (χ2n) is 6.17. The number of carbonyl (C=O) groups excluding carboxylic acids is 1. The molecule has 5 heteroatoms. The van der Waals surface area contributed by atoms with Gasteiger partial charge in [-0.1, -0.05) is 0 Å². The van der Waals surface area contributed by atoms with E-state index in [0.29, 0.717) is 24.9 Å². The normalized spacial score (nSPS) is 17.6. The van der Waals surface area contributed by atoms with Crippen molar-refractivity contribution in [2.75, 3.05) is 53.9 Å². The van der Waals surface area contributed by atoms with Gasteiger partial charge in [-0.3, -0.25) is 4.79 Å². The second-order valence-corrected chi connectivity index (χ2v) is 6.17. The van der Waals surface area contributed by atoms with Crippen molar-refractivity contribution in [1.29, 1.82) is 0 Å². The molecule has 0 aromatic rings. The number of nitrogens with zero attached hydrogens (tertiary/aromatic N) is 3. The van der Waals surface area contributed by atoms with Crippen LogP contribution >= 0.6 is 0 Å². The number of nitrogens with two attached hydrogens (primary N) is 1. The minimum atomic E-state index is 0.315. The number of amides is 1. The summed E-state index contributed by atoms with van der Waals surface area (Å²) in [5.41, 5.74) is 5.51. The quantitative estimate of drug-likeness (QED) is 0.663. The van der Waals surface area contributed by atoms with E-state index < -0.39 is 0 Å². The lowest BCUT2D eigenvalue weighted by Crippen LogP contribution is -2.48. The Hall–Kier alpha value is -0.650. The standard InChI is InChI=1S/C15H32N4O/c1-17(2)12-13-19(15(20)6-4-5-9-16)14-7-10-18(3)11-8-14/h14H,4-13,16H2,1-3H3. The first-order valence-electron chi connectivity index (χ1n) is 7.87. The largest absolute Gasteiger partial charge is 0.338 e. The van der Waals surface area contributed by atoms with Gasteiger partial charge in [-0.15, -0.1) is 0 Å². The van der Waals surface area contributed by atoms with Crippen molar-refractivity contribution in [3.63, 3.8) is 0 Å². The number of hydrogen-bond acceptors (Lipinski definition) is 4. The van der Waals surface area contributed by atoms with E-state index in [1.807, 2.05) is 0 Å². The van der Waals surface area contributed by atoms with E-state index in [0.717, 1.165) is 51.9 Å². The van der Waals surface area contributed by atoms with Crippen LogP contribution < -0.4 is 5.73 Å². The highest BCUT2D eigenvalue weighted by atomic mass is 16.2. The Kier molecular flexibility index (Phi) is 8.11. The van der Waals surface area contributed by atoms with E-state index >= 15 is 0 Å². The molecular formula is C15H32N4O. The van der Waals surface area contributed by atoms with Crippen LogP contribution in [0.5, 0.6) is 0 Å². The van der Waals surface area contributed by atoms with Gasteiger partial charge in [0.15, 0.2) is 0 Å². The van der Waals surface area contributed by atoms with Gasteiger partial charge >= 0.3 is 0 Å². The molecule has 20 heavy (non-hydrogen) atoms. The Bertz CT molecular complexity index is 275. The van der Waals surface area contributed by atoms with E-state index in [1.54, 1.807) is 0 Å². The van der Waals surface area contributed by atoms with Crippen LogP contribution in [0.3, 0.4) is 0 Å². The summed E-state index contributed by atoms with van der Waals surface area (Å²) in [7, 11) is 6.28. The summed E-state index contributed by atoms with van der Waals surface area (Å²) in [6.07, 6.45) is 4.72. The molecule has 1 fully saturated rings. The van der Waals surface area contributed by atoms with Crippen LogP contribution in [0.4, 0.5) is 0 Å². The average molecular weight is 284 g/mol. The average Bonchev–Trinajstić information content (AvgIpc) is 2.41. The first kappa shape index (κ1) is 17.4. The number of rotatable bonds is 8. The molecule has 0 radical (unpaired) electrons. The van der Waals surface area contributed by atoms with Gasteiger partial charge in [-0.25, -0.2) is 0 Å². The third-order valence-electron chi connectivity index (χ3n) is 4.08. The van der Waals surface area contributed by atoms with Gasteiger partial charge in [0, 0.05) is 25.6 Å². The summed E-state index contributed by atoms with van der Waals surface area (Å²) >= 11 is 0. The van der Waals surface area contributed by atoms with Crippen molar-refractivity contribution in [3.8, 4) is 0 Å². The Morgan fingerprint density at radius 2 is 1.85 bits per heavy atom. The molecule has 118 valence electrons. The lowest BCUT2D eigenvalue weighted by atomic mass is 10.0. The molecule has 1 heterocycles. The number of unbranched alkanes of at least 4 members (excludes halogenated alkanes) is 1. The molecule has 2 N–H and O–H groups in total. The zero-order valence-corrected chi connectivity index (χ0v) is 13.5. The zero-order chi connectivity index (χ0) is 15.0. The first-order chi connectivity index (χ1) is 9.54. The predicted molar refractivity (Wildman–Crippen MR) is 83.7 cm³/mol. The fourth-order valence-electron chi connectivity index (χ4n) is 2.69. The molecule has 0 saturated carbocycles. The molecule has 1 rings (SSSR count). The molecule has 1 aliphatic rings. The number of hydrogen-bond donors (Lipinski definition) is 1. The van der Waals surface area contributed by atoms with E-state index in [1.165, 1.54) is 0 Å². The minimum Gasteiger partial charge on any atom is -0.338 e. The number of likely N-dealkylation sites (tertiary alicyclic amines) is 1. The Labute approximate surface area is 124 Å². The summed E-state index contributed by atoms with van der Waals surface area (Å²) < 4.78 is 0. The number of piperidine rings is 1. The maximum Gasteiger partial charge on any atom is 0.222 e. The first-order valence-corrected chi connectivity index (χ1v) is 7.87. The molecule has 0 atom stereocenters. The van der Waals surface area contributed by atoms with Crippen LogP contribution in [0.15, 0.2) is 0 Å². The molecule has 0 aromatic heterocycles. The molecule has 0 aromatic carbocycles. The molecule has 1 saturated heterocycles. The van der Waals surface area contributed by atoms with Crippen molar-refractivity contribution in [3.05, 3.63) is 0 Å². The van der Waals surface area contributed by atoms with Crippen molar-refractivity contribution >= 4 is 5.91 Å². The van der Waals surface area contributed by atoms with Crippen LogP contribution in [-0.2, 0) is 4.79 Å². The third kappa shape index (κ3) is 6.20. The highest BCUT2D eigenvalue weighted by molar-refractivity contribution is 5.76. The predicted octanol–water partition coefficient (Wildman–Crippen LogP) is 0.600. The van der Waals surface area contributed by atoms with Crippen molar-refractivity contribution in [2.45, 2.75) is 38.1 Å². The maximum absolute atomic E-state index is 12.5. The molecule has 1 aliphatic heterocycles. The van der Waals surface area contributed by atoms with Gasteiger partial charge in [0.25, 0.3) is 0 Å². The van der Waals surface area contributed by atoms with Crippen molar-refractivity contribution in [2.24, 2.45) is 5.73 Å². The van der Waals surface area contributed by atoms with E-state index in [-0.39, 0.29) is 0 Å². The second kappa shape index (κ2) is 9.32. The topological polar surface area (TPSA) is 52.8 Å². The SMILES string of the molecule is CN(C)CCN(C(=O)CCCCN)C1CCN(C)CC1. The van der Waals surface area contributed by atoms with Crippen LogP contribution in [0.25, 0.3) is 0 Å². The van der Waals surface area contributed by atoms with Crippen LogP contribution in [0, 0.1) is 0 Å². The summed E-state index contributed by atoms with van der Waals surface area (Å²) in [5.74, 6) is 0.315. The van der Waals surface area contributed by atoms with Crippen LogP contribution in [0.1, 0.15) is 32.1 Å². The van der Waals surface area contributed by atoms with E-state index in [2.05, 4.69) is 35.8 Å². The Balaban J connectivity index is 2.52. The van der Waals surface area contributed by atoms with E-state index in [9.17, 15) is 4.79 Å². The third-order valence-corrected chi connectivity index (χ3v) is 4.08. The lowest BCUT2D eigenvalue weighted by Gasteiger charge is -2.38. The minimum absolute atomic E-state index is 0.315. The van der Waals surface area contributed by atoms with Gasteiger partial charge in [-0.05, 0) is 66.5 Å². The highest BCUT2D eigenvalue weighted by Gasteiger charge is 2.26. The van der Waals surface area contributed by atoms with Gasteiger partial charge in [0.1, 0.15) is 0 Å². The fraction of sp³-hybridized carbons (Fsp3) is 0.933. The summed E-state index contributed by atoms with van der Waals surface area (Å²) in [6.45, 7) is 4.66. The fourth-order valence-corrected chi connectivity index (χ4v) is 2.69. The van der Waals surface area contributed by atoms with Crippen LogP contribution in [-0.4, -0.2) is 80.5 Å². The smallest absolute Gasteiger partial charge is 0.222 e. The van der Waals surface area contributed by atoms with Crippen molar-refractivity contribution < 1.29 is 4.79 Å². The lowest BCUT2D eigenvalue weighted by molar-refractivity contribution is -0.134. The number of likely N-dealkylation sites (N-methyl/N-ethyl adjacent to an activating group) is 1. The van der Waals surface area contributed by atoms with Crippen molar-refractivity contribution in [1.82, 2.24) is 14.7 Å². The van der Waals surface area contributed by atoms with Gasteiger partial charge in [0.05, 0.1) is 0 Å². The van der Waals surface area contributed by atoms with Gasteiger partial charge in [-0.2, -0.15) is 0 Å². The monoisotopic (exact) mass is 284 g/mol. The zero-order valence-electron chi connectivity index (χ0n) is 13.5. The molecular weight excluding hydrogens is 252 g/mol. The highest BCUT2D eigenvalue weighted by Crippen LogP contribution is 2.17. The molecule has 0 spiro atoms. The Morgan fingerprint density at radius 1 is 1.20 bits per heavy atom. The maximum atomic E-state index is 12.5. The molecule has 0 unspecified atom stereocenters. The van der Waals surface area contributed by atoms with E-state index in [4.69, 9.17) is 5.73 Å². The Morgan fingerprint density at radius 3 is 2.40 bits per heavy atom. The molecule has 5 nitrogen and oxygen atoms in total.